The van der Waals surface area contributed by atoms with Crippen LogP contribution in [-0.4, -0.2) is 99.6 Å². The molecule has 74 heavy (non-hydrogen) atoms. The van der Waals surface area contributed by atoms with Crippen molar-refractivity contribution in [2.75, 3.05) is 13.2 Å². The van der Waals surface area contributed by atoms with Gasteiger partial charge in [-0.05, 0) is 103 Å². The van der Waals surface area contributed by atoms with Gasteiger partial charge in [-0.2, -0.15) is 0 Å². The van der Waals surface area contributed by atoms with E-state index in [1.54, 1.807) is 6.08 Å². The average molecular weight is 1040 g/mol. The minimum absolute atomic E-state index is 0.0874. The van der Waals surface area contributed by atoms with Gasteiger partial charge >= 0.3 is 5.97 Å². The van der Waals surface area contributed by atoms with E-state index in [2.05, 4.69) is 123 Å². The first kappa shape index (κ1) is 68.3. The lowest BCUT2D eigenvalue weighted by atomic mass is 9.99. The van der Waals surface area contributed by atoms with Crippen molar-refractivity contribution in [3.63, 3.8) is 0 Å². The number of esters is 1. The molecule has 8 atom stereocenters. The van der Waals surface area contributed by atoms with Crippen LogP contribution in [0.5, 0.6) is 0 Å². The number of hydrogen-bond donors (Lipinski definition) is 6. The molecule has 0 bridgehead atoms. The van der Waals surface area contributed by atoms with Gasteiger partial charge in [-0.25, -0.2) is 0 Å². The Morgan fingerprint density at radius 1 is 0.541 bits per heavy atom. The predicted octanol–water partition coefficient (Wildman–Crippen LogP) is 13.3. The van der Waals surface area contributed by atoms with Gasteiger partial charge in [-0.3, -0.25) is 9.59 Å². The Morgan fingerprint density at radius 3 is 1.46 bits per heavy atom. The third-order valence-corrected chi connectivity index (χ3v) is 12.9. The van der Waals surface area contributed by atoms with Gasteiger partial charge in [0, 0.05) is 6.42 Å². The molecule has 1 amide bonds. The van der Waals surface area contributed by atoms with Gasteiger partial charge < -0.3 is 45.1 Å². The highest BCUT2D eigenvalue weighted by Crippen LogP contribution is 2.26. The summed E-state index contributed by atoms with van der Waals surface area (Å²) in [5, 5.41) is 56.8. The maximum absolute atomic E-state index is 13.4. The second kappa shape index (κ2) is 50.2. The van der Waals surface area contributed by atoms with E-state index in [1.807, 2.05) is 6.08 Å². The highest BCUT2D eigenvalue weighted by Gasteiger charge is 2.47. The molecule has 0 spiro atoms. The summed E-state index contributed by atoms with van der Waals surface area (Å²) in [7, 11) is 0. The molecule has 0 saturated carbocycles. The molecule has 0 aliphatic carbocycles. The number of amides is 1. The van der Waals surface area contributed by atoms with Gasteiger partial charge in [0.05, 0.1) is 25.4 Å². The maximum Gasteiger partial charge on any atom is 0.306 e. The number of aliphatic hydroxyl groups excluding tert-OH is 5. The number of ether oxygens (including phenoxy) is 3. The molecule has 11 nitrogen and oxygen atoms in total. The van der Waals surface area contributed by atoms with Gasteiger partial charge in [-0.1, -0.05) is 214 Å². The number of carbonyl (C=O) groups is 2. The van der Waals surface area contributed by atoms with Crippen LogP contribution in [0.25, 0.3) is 0 Å². The molecule has 1 fully saturated rings. The Kier molecular flexibility index (Phi) is 46.3. The van der Waals surface area contributed by atoms with Crippen molar-refractivity contribution < 1.29 is 49.3 Å². The van der Waals surface area contributed by atoms with Crippen LogP contribution in [0.3, 0.4) is 0 Å². The molecule has 0 aromatic rings. The van der Waals surface area contributed by atoms with E-state index in [9.17, 15) is 35.1 Å². The second-order valence-corrected chi connectivity index (χ2v) is 19.6. The van der Waals surface area contributed by atoms with Crippen LogP contribution >= 0.6 is 0 Å². The average Bonchev–Trinajstić information content (AvgIpc) is 3.40. The summed E-state index contributed by atoms with van der Waals surface area (Å²) in [5.41, 5.74) is 0. The van der Waals surface area contributed by atoms with Crippen molar-refractivity contribution >= 4 is 11.9 Å². The zero-order valence-electron chi connectivity index (χ0n) is 46.4. The van der Waals surface area contributed by atoms with Crippen LogP contribution in [0.15, 0.2) is 109 Å². The molecule has 1 rings (SSSR count). The fourth-order valence-corrected chi connectivity index (χ4v) is 8.34. The molecular weight excluding hydrogens is 931 g/mol. The summed E-state index contributed by atoms with van der Waals surface area (Å²) in [6.07, 6.45) is 57.0. The molecule has 0 aromatic heterocycles. The van der Waals surface area contributed by atoms with Crippen LogP contribution in [0, 0.1) is 0 Å². The van der Waals surface area contributed by atoms with E-state index in [1.165, 1.54) is 51.4 Å². The van der Waals surface area contributed by atoms with Crippen molar-refractivity contribution in [1.29, 1.82) is 0 Å². The molecule has 1 heterocycles. The molecule has 0 radical (unpaired) electrons. The predicted molar refractivity (Wildman–Crippen MR) is 305 cm³/mol. The molecule has 1 aliphatic rings. The molecule has 11 heteroatoms. The molecule has 6 N–H and O–H groups in total. The van der Waals surface area contributed by atoms with Gasteiger partial charge in [0.25, 0.3) is 0 Å². The molecule has 8 unspecified atom stereocenters. The monoisotopic (exact) mass is 1040 g/mol. The lowest BCUT2D eigenvalue weighted by Crippen LogP contribution is -2.61. The van der Waals surface area contributed by atoms with Crippen molar-refractivity contribution in [3.05, 3.63) is 109 Å². The summed E-state index contributed by atoms with van der Waals surface area (Å²) >= 11 is 0. The fourth-order valence-electron chi connectivity index (χ4n) is 8.34. The van der Waals surface area contributed by atoms with Crippen molar-refractivity contribution in [2.45, 2.75) is 262 Å². The Morgan fingerprint density at radius 2 is 0.973 bits per heavy atom. The van der Waals surface area contributed by atoms with Gasteiger partial charge in [-0.15, -0.1) is 0 Å². The molecule has 0 aromatic carbocycles. The molecular formula is C63H105NO10. The standard InChI is InChI=1S/C63H105NO10/c1-4-7-10-13-16-19-22-25-27-28-29-30-32-35-38-41-44-47-50-56(67)62(71)64-54(55(66)49-46-43-40-37-34-31-24-21-18-15-12-9-6-3)53-72-63-61(60(70)59(69)57(52-65)73-63)74-58(68)51-48-45-42-39-36-33-26-23-20-17-14-11-8-5-2/h7-8,10-11,16-17,19-20,25-27,29-30,33,35,38,46,49,54-57,59-61,63,65-67,69-70H,4-6,9,12-15,18,21-24,28,31-32,34,36-37,39-45,47-48,50-53H2,1-3H3,(H,64,71)/b10-7-,11-8+,19-16-,20-17+,27-25-,30-29-,33-26+,38-35-,49-46+. The Labute approximate surface area is 449 Å². The summed E-state index contributed by atoms with van der Waals surface area (Å²) in [5.74, 6) is -1.26. The number of carbonyl (C=O) groups excluding carboxylic acids is 2. The normalized spacial score (nSPS) is 20.1. The first-order valence-corrected chi connectivity index (χ1v) is 29.2. The lowest BCUT2D eigenvalue weighted by molar-refractivity contribution is -0.305. The van der Waals surface area contributed by atoms with Gasteiger partial charge in [0.2, 0.25) is 5.91 Å². The van der Waals surface area contributed by atoms with E-state index in [0.717, 1.165) is 116 Å². The molecule has 422 valence electrons. The van der Waals surface area contributed by atoms with E-state index in [0.29, 0.717) is 12.8 Å². The SMILES string of the molecule is CC/C=C\C/C=C\C/C=C\C/C=C\C/C=C\CCCCC(O)C(=O)NC(COC1OC(CO)C(O)C(O)C1OC(=O)CCCCCC/C=C/C/C=C/C/C=C/CC)C(O)/C=C/CCCCCCCCCCCCC. The number of nitrogens with one attached hydrogen (secondary N) is 1. The minimum atomic E-state index is -1.63. The first-order valence-electron chi connectivity index (χ1n) is 29.2. The molecule has 1 aliphatic heterocycles. The fraction of sp³-hybridized carbons (Fsp3) is 0.683. The van der Waals surface area contributed by atoms with Crippen molar-refractivity contribution in [1.82, 2.24) is 5.32 Å². The van der Waals surface area contributed by atoms with Crippen molar-refractivity contribution in [2.24, 2.45) is 0 Å². The molecule has 1 saturated heterocycles. The quantitative estimate of drug-likeness (QED) is 0.0196. The van der Waals surface area contributed by atoms with Gasteiger partial charge in [0.1, 0.15) is 24.4 Å². The maximum atomic E-state index is 13.4. The lowest BCUT2D eigenvalue weighted by Gasteiger charge is -2.41. The Bertz CT molecular complexity index is 1610. The number of hydrogen-bond acceptors (Lipinski definition) is 10. The van der Waals surface area contributed by atoms with E-state index < -0.39 is 67.4 Å². The minimum Gasteiger partial charge on any atom is -0.454 e. The summed E-state index contributed by atoms with van der Waals surface area (Å²) in [6, 6.07) is -1.05. The number of allylic oxidation sites excluding steroid dienone is 17. The third kappa shape index (κ3) is 38.0. The Balaban J connectivity index is 2.78. The Hall–Kier alpha value is -3.68. The summed E-state index contributed by atoms with van der Waals surface area (Å²) < 4.78 is 17.5. The van der Waals surface area contributed by atoms with Crippen LogP contribution < -0.4 is 5.32 Å². The number of aliphatic hydroxyl groups is 5. The van der Waals surface area contributed by atoms with Crippen LogP contribution in [-0.2, 0) is 23.8 Å². The smallest absolute Gasteiger partial charge is 0.306 e. The number of rotatable bonds is 47. The largest absolute Gasteiger partial charge is 0.454 e. The number of unbranched alkanes of at least 4 members (excludes halogenated alkanes) is 17. The van der Waals surface area contributed by atoms with E-state index in [4.69, 9.17) is 14.2 Å². The van der Waals surface area contributed by atoms with Crippen LogP contribution in [0.4, 0.5) is 0 Å². The second-order valence-electron chi connectivity index (χ2n) is 19.6. The zero-order chi connectivity index (χ0) is 54.0. The zero-order valence-corrected chi connectivity index (χ0v) is 46.4. The first-order chi connectivity index (χ1) is 36.2. The topological polar surface area (TPSA) is 175 Å². The van der Waals surface area contributed by atoms with Gasteiger partial charge in [0.15, 0.2) is 12.4 Å². The van der Waals surface area contributed by atoms with Crippen LogP contribution in [0.2, 0.25) is 0 Å². The van der Waals surface area contributed by atoms with E-state index >= 15 is 0 Å². The highest BCUT2D eigenvalue weighted by atomic mass is 16.7. The third-order valence-electron chi connectivity index (χ3n) is 12.9. The van der Waals surface area contributed by atoms with Crippen molar-refractivity contribution in [3.8, 4) is 0 Å². The summed E-state index contributed by atoms with van der Waals surface area (Å²) in [4.78, 5) is 26.5. The van der Waals surface area contributed by atoms with E-state index in [-0.39, 0.29) is 19.4 Å². The van der Waals surface area contributed by atoms with Crippen LogP contribution in [0.1, 0.15) is 213 Å². The highest BCUT2D eigenvalue weighted by molar-refractivity contribution is 5.80. The summed E-state index contributed by atoms with van der Waals surface area (Å²) in [6.45, 7) is 5.50.